The van der Waals surface area contributed by atoms with Crippen molar-refractivity contribution in [3.8, 4) is 11.5 Å². The van der Waals surface area contributed by atoms with Crippen molar-refractivity contribution in [2.75, 3.05) is 21.3 Å². The first kappa shape index (κ1) is 17.5. The Kier molecular flexibility index (Phi) is 4.88. The van der Waals surface area contributed by atoms with Crippen molar-refractivity contribution in [2.45, 2.75) is 6.54 Å². The summed E-state index contributed by atoms with van der Waals surface area (Å²) in [5.74, 6) is 0.985. The molecule has 0 unspecified atom stereocenters. The average Bonchev–Trinajstić information content (AvgIpc) is 2.66. The molecule has 1 amide bonds. The maximum atomic E-state index is 12.8. The summed E-state index contributed by atoms with van der Waals surface area (Å²) in [5, 5.41) is 0.514. The molecule has 7 heteroatoms. The Hall–Kier alpha value is -3.35. The predicted octanol–water partition coefficient (Wildman–Crippen LogP) is 2.21. The fourth-order valence-corrected chi connectivity index (χ4v) is 2.77. The van der Waals surface area contributed by atoms with Crippen LogP contribution in [-0.2, 0) is 6.54 Å². The van der Waals surface area contributed by atoms with Crippen LogP contribution in [0.2, 0.25) is 0 Å². The third-order valence-corrected chi connectivity index (χ3v) is 4.03. The molecule has 1 N–H and O–H groups in total. The number of carbonyl (C=O) groups is 1. The van der Waals surface area contributed by atoms with E-state index in [-0.39, 0.29) is 18.0 Å². The molecule has 0 saturated heterocycles. The van der Waals surface area contributed by atoms with E-state index in [1.54, 1.807) is 43.4 Å². The Morgan fingerprint density at radius 3 is 2.62 bits per heavy atom. The molecule has 26 heavy (non-hydrogen) atoms. The van der Waals surface area contributed by atoms with Crippen LogP contribution in [0.4, 0.5) is 0 Å². The lowest BCUT2D eigenvalue weighted by Crippen LogP contribution is -2.28. The molecule has 0 aliphatic rings. The summed E-state index contributed by atoms with van der Waals surface area (Å²) in [6.07, 6.45) is 0. The zero-order valence-corrected chi connectivity index (χ0v) is 14.8. The highest BCUT2D eigenvalue weighted by Crippen LogP contribution is 2.31. The molecule has 0 radical (unpaired) electrons. The molecule has 0 fully saturated rings. The van der Waals surface area contributed by atoms with Gasteiger partial charge in [0.1, 0.15) is 5.82 Å². The van der Waals surface area contributed by atoms with Gasteiger partial charge in [0, 0.05) is 7.05 Å². The van der Waals surface area contributed by atoms with Gasteiger partial charge in [-0.2, -0.15) is 0 Å². The lowest BCUT2D eigenvalue weighted by atomic mass is 10.1. The number of amides is 1. The number of methoxy groups -OCH3 is 2. The van der Waals surface area contributed by atoms with Gasteiger partial charge in [-0.25, -0.2) is 4.98 Å². The molecule has 0 aliphatic heterocycles. The highest BCUT2D eigenvalue weighted by molar-refractivity contribution is 5.97. The van der Waals surface area contributed by atoms with Crippen LogP contribution < -0.4 is 15.0 Å². The van der Waals surface area contributed by atoms with E-state index in [1.165, 1.54) is 19.1 Å². The second kappa shape index (κ2) is 7.26. The van der Waals surface area contributed by atoms with Gasteiger partial charge in [0.25, 0.3) is 11.5 Å². The monoisotopic (exact) mass is 353 g/mol. The van der Waals surface area contributed by atoms with Crippen molar-refractivity contribution in [2.24, 2.45) is 0 Å². The molecule has 0 bridgehead atoms. The fourth-order valence-electron chi connectivity index (χ4n) is 2.77. The number of aromatic nitrogens is 2. The minimum atomic E-state index is -0.267. The van der Waals surface area contributed by atoms with Gasteiger partial charge in [-0.15, -0.1) is 0 Å². The number of carbonyl (C=O) groups excluding carboxylic acids is 1. The lowest BCUT2D eigenvalue weighted by molar-refractivity contribution is 0.0777. The van der Waals surface area contributed by atoms with Crippen molar-refractivity contribution in [3.63, 3.8) is 0 Å². The topological polar surface area (TPSA) is 84.5 Å². The van der Waals surface area contributed by atoms with Crippen LogP contribution in [0, 0.1) is 0 Å². The van der Waals surface area contributed by atoms with Crippen LogP contribution in [-0.4, -0.2) is 42.0 Å². The van der Waals surface area contributed by atoms with E-state index in [0.29, 0.717) is 33.8 Å². The Bertz CT molecular complexity index is 1010. The van der Waals surface area contributed by atoms with Gasteiger partial charge in [-0.3, -0.25) is 9.59 Å². The summed E-state index contributed by atoms with van der Waals surface area (Å²) < 4.78 is 10.6. The third kappa shape index (κ3) is 3.23. The number of nitrogens with one attached hydrogen (secondary N) is 1. The number of ether oxygens (including phenoxy) is 2. The fraction of sp³-hybridized carbons (Fsp3) is 0.211. The summed E-state index contributed by atoms with van der Waals surface area (Å²) in [4.78, 5) is 33.6. The molecule has 0 saturated carbocycles. The quantitative estimate of drug-likeness (QED) is 0.760. The van der Waals surface area contributed by atoms with Crippen LogP contribution in [0.5, 0.6) is 11.5 Å². The maximum Gasteiger partial charge on any atom is 0.258 e. The van der Waals surface area contributed by atoms with Crippen molar-refractivity contribution >= 4 is 16.8 Å². The zero-order chi connectivity index (χ0) is 18.7. The highest BCUT2D eigenvalue weighted by Gasteiger charge is 2.20. The number of nitrogens with zero attached hydrogens (tertiary/aromatic N) is 2. The van der Waals surface area contributed by atoms with E-state index >= 15 is 0 Å². The van der Waals surface area contributed by atoms with Gasteiger partial charge in [-0.05, 0) is 24.3 Å². The van der Waals surface area contributed by atoms with Gasteiger partial charge in [0.05, 0.1) is 37.2 Å². The molecule has 1 aromatic heterocycles. The normalized spacial score (nSPS) is 10.6. The van der Waals surface area contributed by atoms with Gasteiger partial charge < -0.3 is 19.4 Å². The molecule has 2 aromatic carbocycles. The Morgan fingerprint density at radius 1 is 1.12 bits per heavy atom. The minimum Gasteiger partial charge on any atom is -0.493 e. The first-order valence-electron chi connectivity index (χ1n) is 7.99. The molecular weight excluding hydrogens is 334 g/mol. The van der Waals surface area contributed by atoms with E-state index in [2.05, 4.69) is 9.97 Å². The van der Waals surface area contributed by atoms with Crippen LogP contribution in [0.25, 0.3) is 10.9 Å². The summed E-state index contributed by atoms with van der Waals surface area (Å²) >= 11 is 0. The largest absolute Gasteiger partial charge is 0.493 e. The number of fused-ring (bicyclic) bond motifs is 1. The SMILES string of the molecule is COc1cccc(C(=O)N(C)Cc2nc3ccccc3c(=O)[nH]2)c1OC. The van der Waals surface area contributed by atoms with Crippen molar-refractivity contribution in [3.05, 3.63) is 64.2 Å². The summed E-state index contributed by atoms with van der Waals surface area (Å²) in [6, 6.07) is 12.2. The Morgan fingerprint density at radius 2 is 1.88 bits per heavy atom. The van der Waals surface area contributed by atoms with Gasteiger partial charge in [-0.1, -0.05) is 18.2 Å². The van der Waals surface area contributed by atoms with Gasteiger partial charge in [0.15, 0.2) is 11.5 Å². The smallest absolute Gasteiger partial charge is 0.258 e. The van der Waals surface area contributed by atoms with Gasteiger partial charge >= 0.3 is 0 Å². The second-order valence-corrected chi connectivity index (χ2v) is 5.73. The minimum absolute atomic E-state index is 0.152. The average molecular weight is 353 g/mol. The van der Waals surface area contributed by atoms with Crippen LogP contribution in [0.3, 0.4) is 0 Å². The number of aromatic amines is 1. The number of rotatable bonds is 5. The Balaban J connectivity index is 1.90. The molecule has 134 valence electrons. The Labute approximate surface area is 150 Å². The second-order valence-electron chi connectivity index (χ2n) is 5.73. The molecule has 1 heterocycles. The molecule has 7 nitrogen and oxygen atoms in total. The molecule has 0 atom stereocenters. The summed E-state index contributed by atoms with van der Waals surface area (Å²) in [6.45, 7) is 0.152. The van der Waals surface area contributed by atoms with E-state index in [1.807, 2.05) is 6.07 Å². The first-order valence-corrected chi connectivity index (χ1v) is 7.99. The number of H-pyrrole nitrogens is 1. The van der Waals surface area contributed by atoms with Crippen LogP contribution in [0.15, 0.2) is 47.3 Å². The molecule has 3 aromatic rings. The van der Waals surface area contributed by atoms with Crippen molar-refractivity contribution in [1.29, 1.82) is 0 Å². The third-order valence-electron chi connectivity index (χ3n) is 4.03. The summed E-state index contributed by atoms with van der Waals surface area (Å²) in [5.41, 5.74) is 0.731. The van der Waals surface area contributed by atoms with Gasteiger partial charge in [0.2, 0.25) is 0 Å². The molecular formula is C19H19N3O4. The number of benzene rings is 2. The predicted molar refractivity (Wildman–Crippen MR) is 97.7 cm³/mol. The van der Waals surface area contributed by atoms with Crippen molar-refractivity contribution in [1.82, 2.24) is 14.9 Å². The summed E-state index contributed by atoms with van der Waals surface area (Å²) in [7, 11) is 4.63. The first-order chi connectivity index (χ1) is 12.5. The van der Waals surface area contributed by atoms with E-state index in [4.69, 9.17) is 9.47 Å². The lowest BCUT2D eigenvalue weighted by Gasteiger charge is -2.19. The van der Waals surface area contributed by atoms with Crippen LogP contribution >= 0.6 is 0 Å². The van der Waals surface area contributed by atoms with E-state index in [0.717, 1.165) is 0 Å². The zero-order valence-electron chi connectivity index (χ0n) is 14.8. The molecule has 0 spiro atoms. The molecule has 0 aliphatic carbocycles. The van der Waals surface area contributed by atoms with Crippen molar-refractivity contribution < 1.29 is 14.3 Å². The molecule has 3 rings (SSSR count). The maximum absolute atomic E-state index is 12.8. The number of para-hydroxylation sites is 2. The van der Waals surface area contributed by atoms with E-state index < -0.39 is 0 Å². The standard InChI is InChI=1S/C19H19N3O4/c1-22(19(24)13-8-6-10-15(25-2)17(13)26-3)11-16-20-14-9-5-4-7-12(14)18(23)21-16/h4-10H,11H2,1-3H3,(H,20,21,23). The highest BCUT2D eigenvalue weighted by atomic mass is 16.5. The van der Waals surface area contributed by atoms with E-state index in [9.17, 15) is 9.59 Å². The number of hydrogen-bond donors (Lipinski definition) is 1. The number of hydrogen-bond acceptors (Lipinski definition) is 5. The van der Waals surface area contributed by atoms with Crippen LogP contribution in [0.1, 0.15) is 16.2 Å².